The molecule has 0 aromatic rings. The maximum absolute atomic E-state index is 4.38. The maximum atomic E-state index is 4.38. The van der Waals surface area contributed by atoms with E-state index >= 15 is 0 Å². The molecule has 1 fully saturated rings. The maximum Gasteiger partial charge on any atom is 0.00386 e. The quantitative estimate of drug-likeness (QED) is 0.551. The van der Waals surface area contributed by atoms with E-state index in [4.69, 9.17) is 0 Å². The lowest BCUT2D eigenvalue weighted by molar-refractivity contribution is 0.250. The zero-order valence-electron chi connectivity index (χ0n) is 11.0. The fourth-order valence-electron chi connectivity index (χ4n) is 2.88. The molecule has 0 heterocycles. The molecule has 90 valence electrons. The molecule has 1 saturated carbocycles. The van der Waals surface area contributed by atoms with E-state index in [1.54, 1.807) is 0 Å². The Balaban J connectivity index is 2.79. The van der Waals surface area contributed by atoms with Gasteiger partial charge in [0.1, 0.15) is 0 Å². The van der Waals surface area contributed by atoms with Gasteiger partial charge in [-0.2, -0.15) is 0 Å². The van der Waals surface area contributed by atoms with Crippen LogP contribution in [-0.4, -0.2) is 0 Å². The minimum Gasteiger partial charge on any atom is -0.103 e. The van der Waals surface area contributed by atoms with E-state index in [2.05, 4.69) is 33.6 Å². The summed E-state index contributed by atoms with van der Waals surface area (Å²) in [5.41, 5.74) is 2.96. The van der Waals surface area contributed by atoms with Crippen molar-refractivity contribution in [2.75, 3.05) is 0 Å². The van der Waals surface area contributed by atoms with Crippen molar-refractivity contribution in [2.45, 2.75) is 52.4 Å². The van der Waals surface area contributed by atoms with E-state index in [-0.39, 0.29) is 0 Å². The van der Waals surface area contributed by atoms with Crippen molar-refractivity contribution in [1.82, 2.24) is 0 Å². The van der Waals surface area contributed by atoms with Crippen molar-refractivity contribution in [2.24, 2.45) is 11.3 Å². The summed E-state index contributed by atoms with van der Waals surface area (Å²) in [6, 6.07) is 0. The highest BCUT2D eigenvalue weighted by molar-refractivity contribution is 5.23. The third-order valence-electron chi connectivity index (χ3n) is 4.15. The Labute approximate surface area is 101 Å². The molecule has 0 aliphatic heterocycles. The number of hydrogen-bond acceptors (Lipinski definition) is 0. The van der Waals surface area contributed by atoms with Gasteiger partial charge in [-0.3, -0.25) is 0 Å². The minimum absolute atomic E-state index is 0.338. The predicted molar refractivity (Wildman–Crippen MR) is 73.5 cm³/mol. The molecule has 1 unspecified atom stereocenters. The predicted octanol–water partition coefficient (Wildman–Crippen LogP) is 5.28. The molecular formula is C16H26. The molecule has 0 aromatic carbocycles. The largest absolute Gasteiger partial charge is 0.103 e. The lowest BCUT2D eigenvalue weighted by Crippen LogP contribution is -2.26. The van der Waals surface area contributed by atoms with Gasteiger partial charge in [-0.15, -0.1) is 6.58 Å². The zero-order chi connectivity index (χ0) is 12.2. The van der Waals surface area contributed by atoms with Crippen molar-refractivity contribution in [1.29, 1.82) is 0 Å². The Morgan fingerprint density at radius 2 is 1.81 bits per heavy atom. The van der Waals surface area contributed by atoms with Crippen LogP contribution >= 0.6 is 0 Å². The third kappa shape index (κ3) is 2.87. The molecule has 1 aliphatic carbocycles. The van der Waals surface area contributed by atoms with E-state index in [9.17, 15) is 0 Å². The molecule has 1 rings (SSSR count). The zero-order valence-corrected chi connectivity index (χ0v) is 11.0. The smallest absolute Gasteiger partial charge is 0.00386 e. The Hall–Kier alpha value is -0.780. The van der Waals surface area contributed by atoms with Crippen LogP contribution in [0.5, 0.6) is 0 Å². The van der Waals surface area contributed by atoms with E-state index in [1.165, 1.54) is 43.3 Å². The molecular weight excluding hydrogens is 192 g/mol. The monoisotopic (exact) mass is 218 g/mol. The Morgan fingerprint density at radius 1 is 1.25 bits per heavy atom. The van der Waals surface area contributed by atoms with Crippen molar-refractivity contribution in [3.05, 3.63) is 37.0 Å². The summed E-state index contributed by atoms with van der Waals surface area (Å²) >= 11 is 0. The summed E-state index contributed by atoms with van der Waals surface area (Å²) in [5, 5.41) is 0. The Kier molecular flexibility index (Phi) is 4.58. The van der Waals surface area contributed by atoms with E-state index < -0.39 is 0 Å². The molecule has 0 aromatic heterocycles. The van der Waals surface area contributed by atoms with E-state index in [0.29, 0.717) is 11.3 Å². The molecule has 0 heteroatoms. The number of allylic oxidation sites excluding steroid dienone is 3. The van der Waals surface area contributed by atoms with Crippen LogP contribution in [0, 0.1) is 11.3 Å². The van der Waals surface area contributed by atoms with Gasteiger partial charge in [-0.05, 0) is 31.6 Å². The Bertz CT molecular complexity index is 276. The fourth-order valence-corrected chi connectivity index (χ4v) is 2.88. The van der Waals surface area contributed by atoms with Crippen LogP contribution in [0.15, 0.2) is 37.0 Å². The number of hydrogen-bond donors (Lipinski definition) is 0. The van der Waals surface area contributed by atoms with E-state index in [0.717, 1.165) is 6.42 Å². The summed E-state index contributed by atoms with van der Waals surface area (Å²) in [6.07, 6.45) is 9.68. The van der Waals surface area contributed by atoms with Gasteiger partial charge in [0.05, 0.1) is 0 Å². The Morgan fingerprint density at radius 3 is 2.25 bits per heavy atom. The second kappa shape index (κ2) is 5.52. The van der Waals surface area contributed by atoms with Crippen LogP contribution < -0.4 is 0 Å². The van der Waals surface area contributed by atoms with Crippen LogP contribution in [0.2, 0.25) is 0 Å². The molecule has 0 saturated heterocycles. The molecule has 0 amide bonds. The summed E-state index contributed by atoms with van der Waals surface area (Å²) in [6.45, 7) is 16.8. The van der Waals surface area contributed by atoms with Gasteiger partial charge >= 0.3 is 0 Å². The molecule has 0 N–H and O–H groups in total. The average molecular weight is 218 g/mol. The van der Waals surface area contributed by atoms with Crippen LogP contribution in [0.1, 0.15) is 52.4 Å². The molecule has 0 bridgehead atoms. The molecule has 0 radical (unpaired) electrons. The van der Waals surface area contributed by atoms with Crippen molar-refractivity contribution < 1.29 is 0 Å². The first-order valence-electron chi connectivity index (χ1n) is 6.47. The highest BCUT2D eigenvalue weighted by atomic mass is 14.4. The number of rotatable bonds is 5. The first-order valence-corrected chi connectivity index (χ1v) is 6.47. The second-order valence-electron chi connectivity index (χ2n) is 5.57. The molecule has 1 aliphatic rings. The van der Waals surface area contributed by atoms with E-state index in [1.807, 2.05) is 6.08 Å². The first kappa shape index (κ1) is 13.3. The van der Waals surface area contributed by atoms with Gasteiger partial charge in [0.25, 0.3) is 0 Å². The van der Waals surface area contributed by atoms with Crippen LogP contribution in [0.3, 0.4) is 0 Å². The van der Waals surface area contributed by atoms with Crippen LogP contribution in [-0.2, 0) is 0 Å². The third-order valence-corrected chi connectivity index (χ3v) is 4.15. The van der Waals surface area contributed by atoms with Gasteiger partial charge in [-0.25, -0.2) is 0 Å². The van der Waals surface area contributed by atoms with Gasteiger partial charge in [-0.1, -0.05) is 56.6 Å². The standard InChI is InChI=1S/C16H26/c1-6-10-15(13(2)3)14(4)16(5)11-8-7-9-12-16/h6,15H,1-2,4,7-12H2,3,5H3. The molecule has 0 nitrogen and oxygen atoms in total. The lowest BCUT2D eigenvalue weighted by atomic mass is 9.66. The first-order chi connectivity index (χ1) is 7.51. The van der Waals surface area contributed by atoms with Crippen molar-refractivity contribution in [3.63, 3.8) is 0 Å². The van der Waals surface area contributed by atoms with Crippen LogP contribution in [0.25, 0.3) is 0 Å². The second-order valence-corrected chi connectivity index (χ2v) is 5.57. The summed E-state index contributed by atoms with van der Waals surface area (Å²) in [7, 11) is 0. The summed E-state index contributed by atoms with van der Waals surface area (Å²) < 4.78 is 0. The summed E-state index contributed by atoms with van der Waals surface area (Å²) in [4.78, 5) is 0. The fraction of sp³-hybridized carbons (Fsp3) is 0.625. The topological polar surface area (TPSA) is 0 Å². The van der Waals surface area contributed by atoms with Gasteiger partial charge in [0, 0.05) is 5.92 Å². The van der Waals surface area contributed by atoms with Gasteiger partial charge in [0.15, 0.2) is 0 Å². The van der Waals surface area contributed by atoms with Gasteiger partial charge in [0.2, 0.25) is 0 Å². The van der Waals surface area contributed by atoms with Crippen LogP contribution in [0.4, 0.5) is 0 Å². The highest BCUT2D eigenvalue weighted by Gasteiger charge is 2.33. The summed E-state index contributed by atoms with van der Waals surface area (Å²) in [5.74, 6) is 0.431. The minimum atomic E-state index is 0.338. The van der Waals surface area contributed by atoms with Gasteiger partial charge < -0.3 is 0 Å². The van der Waals surface area contributed by atoms with Crippen molar-refractivity contribution >= 4 is 0 Å². The molecule has 1 atom stereocenters. The lowest BCUT2D eigenvalue weighted by Gasteiger charge is -2.39. The molecule has 0 spiro atoms. The SMILES string of the molecule is C=CCC(C(=C)C)C(=C)C1(C)CCCCC1. The highest BCUT2D eigenvalue weighted by Crippen LogP contribution is 2.46. The van der Waals surface area contributed by atoms with Crippen molar-refractivity contribution in [3.8, 4) is 0 Å². The normalized spacial score (nSPS) is 21.1. The average Bonchev–Trinajstić information content (AvgIpc) is 2.25. The molecule has 16 heavy (non-hydrogen) atoms.